The zero-order valence-electron chi connectivity index (χ0n) is 14.6. The predicted octanol–water partition coefficient (Wildman–Crippen LogP) is 4.45. The molecule has 2 amide bonds. The number of urea groups is 1. The number of tetrazole rings is 1. The number of H-pyrrole nitrogens is 1. The lowest BCUT2D eigenvalue weighted by Crippen LogP contribution is -2.20. The topological polar surface area (TPSA) is 110 Å². The second-order valence-electron chi connectivity index (χ2n) is 6.03. The zero-order valence-corrected chi connectivity index (χ0v) is 16.1. The fraction of sp³-hybridized carbons (Fsp3) is 0. The summed E-state index contributed by atoms with van der Waals surface area (Å²) in [6.07, 6.45) is 0. The fourth-order valence-corrected chi connectivity index (χ4v) is 3.65. The van der Waals surface area contributed by atoms with Crippen LogP contribution < -0.4 is 11.1 Å². The lowest BCUT2D eigenvalue weighted by atomic mass is 9.94. The molecule has 0 spiro atoms. The number of carbonyl (C=O) groups is 1. The van der Waals surface area contributed by atoms with Gasteiger partial charge in [0.2, 0.25) is 0 Å². The quantitative estimate of drug-likeness (QED) is 0.440. The SMILES string of the molecule is NC(=O)Nc1ccc(Br)c(-c2cccc(-c3ccccc3)c2)c1-c1nnn[nH]1. The molecule has 0 bridgehead atoms. The average molecular weight is 435 g/mol. The molecule has 0 saturated heterocycles. The van der Waals surface area contributed by atoms with Gasteiger partial charge in [0.25, 0.3) is 0 Å². The number of carbonyl (C=O) groups excluding carboxylic acids is 1. The minimum Gasteiger partial charge on any atom is -0.351 e. The highest BCUT2D eigenvalue weighted by molar-refractivity contribution is 9.10. The molecule has 1 aromatic heterocycles. The first-order valence-electron chi connectivity index (χ1n) is 8.42. The standard InChI is InChI=1S/C20H15BrN6O/c21-15-9-10-16(23-20(22)28)18(19-24-26-27-25-19)17(15)14-8-4-7-13(11-14)12-5-2-1-3-6-12/h1-11H,(H3,22,23,28)(H,24,25,26,27). The van der Waals surface area contributed by atoms with E-state index in [0.29, 0.717) is 17.1 Å². The van der Waals surface area contributed by atoms with Gasteiger partial charge in [-0.15, -0.1) is 5.10 Å². The number of rotatable bonds is 4. The van der Waals surface area contributed by atoms with Crippen molar-refractivity contribution in [1.82, 2.24) is 20.6 Å². The summed E-state index contributed by atoms with van der Waals surface area (Å²) in [7, 11) is 0. The predicted molar refractivity (Wildman–Crippen MR) is 111 cm³/mol. The number of benzene rings is 3. The zero-order chi connectivity index (χ0) is 19.5. The Kier molecular flexibility index (Phi) is 4.86. The summed E-state index contributed by atoms with van der Waals surface area (Å²) in [5, 5.41) is 16.8. The van der Waals surface area contributed by atoms with Gasteiger partial charge in [-0.3, -0.25) is 0 Å². The molecule has 0 aliphatic carbocycles. The van der Waals surface area contributed by atoms with Crippen molar-refractivity contribution in [2.75, 3.05) is 5.32 Å². The van der Waals surface area contributed by atoms with Crippen LogP contribution in [0.15, 0.2) is 71.2 Å². The largest absolute Gasteiger partial charge is 0.351 e. The highest BCUT2D eigenvalue weighted by Gasteiger charge is 2.20. The van der Waals surface area contributed by atoms with Crippen LogP contribution in [0.2, 0.25) is 0 Å². The Morgan fingerprint density at radius 2 is 1.68 bits per heavy atom. The van der Waals surface area contributed by atoms with Crippen LogP contribution in [0.4, 0.5) is 10.5 Å². The molecule has 28 heavy (non-hydrogen) atoms. The molecule has 0 aliphatic heterocycles. The van der Waals surface area contributed by atoms with Crippen molar-refractivity contribution in [3.05, 3.63) is 71.2 Å². The summed E-state index contributed by atoms with van der Waals surface area (Å²) in [6.45, 7) is 0. The first-order chi connectivity index (χ1) is 13.6. The number of anilines is 1. The van der Waals surface area contributed by atoms with E-state index in [9.17, 15) is 4.79 Å². The van der Waals surface area contributed by atoms with E-state index in [1.165, 1.54) is 0 Å². The molecule has 0 saturated carbocycles. The lowest BCUT2D eigenvalue weighted by molar-refractivity contribution is 0.259. The van der Waals surface area contributed by atoms with Crippen molar-refractivity contribution in [2.45, 2.75) is 0 Å². The normalized spacial score (nSPS) is 10.6. The molecule has 0 fully saturated rings. The van der Waals surface area contributed by atoms with Gasteiger partial charge >= 0.3 is 6.03 Å². The van der Waals surface area contributed by atoms with Crippen LogP contribution in [0.1, 0.15) is 0 Å². The summed E-state index contributed by atoms with van der Waals surface area (Å²) in [6, 6.07) is 21.1. The van der Waals surface area contributed by atoms with Crippen LogP contribution in [0.3, 0.4) is 0 Å². The molecule has 4 aromatic rings. The summed E-state index contributed by atoms with van der Waals surface area (Å²) in [5.74, 6) is 0.421. The number of nitrogens with zero attached hydrogens (tertiary/aromatic N) is 3. The van der Waals surface area contributed by atoms with E-state index in [1.54, 1.807) is 6.07 Å². The van der Waals surface area contributed by atoms with Gasteiger partial charge in [-0.25, -0.2) is 9.89 Å². The van der Waals surface area contributed by atoms with Crippen LogP contribution in [-0.2, 0) is 0 Å². The Morgan fingerprint density at radius 3 is 2.39 bits per heavy atom. The molecule has 0 radical (unpaired) electrons. The molecular formula is C20H15BrN6O. The molecule has 0 atom stereocenters. The van der Waals surface area contributed by atoms with Crippen LogP contribution in [0.25, 0.3) is 33.6 Å². The minimum atomic E-state index is -0.667. The van der Waals surface area contributed by atoms with Crippen LogP contribution in [0.5, 0.6) is 0 Å². The Bertz CT molecular complexity index is 1130. The molecule has 4 rings (SSSR count). The first kappa shape index (κ1) is 17.9. The van der Waals surface area contributed by atoms with Gasteiger partial charge in [0.15, 0.2) is 5.82 Å². The summed E-state index contributed by atoms with van der Waals surface area (Å²) >= 11 is 3.62. The van der Waals surface area contributed by atoms with Gasteiger partial charge in [-0.1, -0.05) is 64.5 Å². The minimum absolute atomic E-state index is 0.421. The van der Waals surface area contributed by atoms with Crippen LogP contribution >= 0.6 is 15.9 Å². The molecule has 0 aliphatic rings. The van der Waals surface area contributed by atoms with E-state index in [4.69, 9.17) is 5.73 Å². The monoisotopic (exact) mass is 434 g/mol. The first-order valence-corrected chi connectivity index (χ1v) is 9.21. The van der Waals surface area contributed by atoms with Crippen molar-refractivity contribution in [2.24, 2.45) is 5.73 Å². The molecule has 3 aromatic carbocycles. The van der Waals surface area contributed by atoms with E-state index in [2.05, 4.69) is 60.1 Å². The second-order valence-corrected chi connectivity index (χ2v) is 6.89. The number of hydrogen-bond donors (Lipinski definition) is 3. The van der Waals surface area contributed by atoms with Crippen molar-refractivity contribution in [3.63, 3.8) is 0 Å². The fourth-order valence-electron chi connectivity index (χ4n) is 3.09. The molecule has 1 heterocycles. The number of amides is 2. The van der Waals surface area contributed by atoms with E-state index in [-0.39, 0.29) is 0 Å². The van der Waals surface area contributed by atoms with Gasteiger partial charge in [-0.2, -0.15) is 0 Å². The van der Waals surface area contributed by atoms with Gasteiger partial charge in [0, 0.05) is 10.0 Å². The highest BCUT2D eigenvalue weighted by Crippen LogP contribution is 2.42. The molecule has 0 unspecified atom stereocenters. The molecular weight excluding hydrogens is 420 g/mol. The van der Waals surface area contributed by atoms with Crippen molar-refractivity contribution >= 4 is 27.6 Å². The third kappa shape index (κ3) is 3.49. The molecule has 138 valence electrons. The molecule has 8 heteroatoms. The van der Waals surface area contributed by atoms with E-state index >= 15 is 0 Å². The number of halogens is 1. The van der Waals surface area contributed by atoms with Crippen molar-refractivity contribution < 1.29 is 4.79 Å². The van der Waals surface area contributed by atoms with Gasteiger partial charge in [-0.05, 0) is 45.3 Å². The van der Waals surface area contributed by atoms with E-state index < -0.39 is 6.03 Å². The number of aromatic amines is 1. The van der Waals surface area contributed by atoms with Gasteiger partial charge < -0.3 is 11.1 Å². The number of hydrogen-bond acceptors (Lipinski definition) is 4. The Hall–Kier alpha value is -3.52. The van der Waals surface area contributed by atoms with E-state index in [0.717, 1.165) is 26.7 Å². The number of primary amides is 1. The van der Waals surface area contributed by atoms with Crippen molar-refractivity contribution in [1.29, 1.82) is 0 Å². The smallest absolute Gasteiger partial charge is 0.316 e. The van der Waals surface area contributed by atoms with Gasteiger partial charge in [0.05, 0.1) is 11.3 Å². The Labute approximate surface area is 169 Å². The van der Waals surface area contributed by atoms with Gasteiger partial charge in [0.1, 0.15) is 0 Å². The number of aromatic nitrogens is 4. The maximum Gasteiger partial charge on any atom is 0.316 e. The average Bonchev–Trinajstić information content (AvgIpc) is 3.24. The number of nitrogens with two attached hydrogens (primary N) is 1. The lowest BCUT2D eigenvalue weighted by Gasteiger charge is -2.16. The number of nitrogens with one attached hydrogen (secondary N) is 2. The van der Waals surface area contributed by atoms with Crippen LogP contribution in [-0.4, -0.2) is 26.7 Å². The summed E-state index contributed by atoms with van der Waals surface area (Å²) < 4.78 is 0.833. The molecule has 7 nitrogen and oxygen atoms in total. The third-order valence-electron chi connectivity index (χ3n) is 4.25. The van der Waals surface area contributed by atoms with Crippen LogP contribution in [0, 0.1) is 0 Å². The third-order valence-corrected chi connectivity index (χ3v) is 4.91. The maximum atomic E-state index is 11.5. The Balaban J connectivity index is 1.94. The summed E-state index contributed by atoms with van der Waals surface area (Å²) in [5.41, 5.74) is 10.4. The second kappa shape index (κ2) is 7.61. The maximum absolute atomic E-state index is 11.5. The molecule has 4 N–H and O–H groups in total. The highest BCUT2D eigenvalue weighted by atomic mass is 79.9. The Morgan fingerprint density at radius 1 is 0.929 bits per heavy atom. The van der Waals surface area contributed by atoms with E-state index in [1.807, 2.05) is 42.5 Å². The van der Waals surface area contributed by atoms with Crippen molar-refractivity contribution in [3.8, 4) is 33.6 Å². The summed E-state index contributed by atoms with van der Waals surface area (Å²) in [4.78, 5) is 11.5.